The van der Waals surface area contributed by atoms with Crippen LogP contribution in [0.25, 0.3) is 0 Å². The van der Waals surface area contributed by atoms with Crippen molar-refractivity contribution in [1.82, 2.24) is 4.90 Å². The molecule has 2 heteroatoms. The SMILES string of the molecule is CC(C)CCOc1cccc(CCCN(C)C)c1. The summed E-state index contributed by atoms with van der Waals surface area (Å²) in [5, 5.41) is 0. The summed E-state index contributed by atoms with van der Waals surface area (Å²) in [7, 11) is 4.23. The van der Waals surface area contributed by atoms with E-state index < -0.39 is 0 Å². The predicted molar refractivity (Wildman–Crippen MR) is 78.3 cm³/mol. The van der Waals surface area contributed by atoms with Crippen LogP contribution in [-0.2, 0) is 6.42 Å². The van der Waals surface area contributed by atoms with Crippen molar-refractivity contribution in [2.75, 3.05) is 27.2 Å². The standard InChI is InChI=1S/C16H27NO/c1-14(2)10-12-18-16-9-5-7-15(13-16)8-6-11-17(3)4/h5,7,9,13-14H,6,8,10-12H2,1-4H3. The lowest BCUT2D eigenvalue weighted by Crippen LogP contribution is -2.13. The highest BCUT2D eigenvalue weighted by Crippen LogP contribution is 2.15. The molecule has 0 spiro atoms. The van der Waals surface area contributed by atoms with Gasteiger partial charge in [0.1, 0.15) is 5.75 Å². The fraction of sp³-hybridized carbons (Fsp3) is 0.625. The maximum absolute atomic E-state index is 5.77. The molecular formula is C16H27NO. The molecule has 0 amide bonds. The Labute approximate surface area is 112 Å². The second-order valence-electron chi connectivity index (χ2n) is 5.59. The summed E-state index contributed by atoms with van der Waals surface area (Å²) < 4.78 is 5.77. The maximum atomic E-state index is 5.77. The first-order chi connectivity index (χ1) is 8.58. The molecule has 0 aliphatic rings. The summed E-state index contributed by atoms with van der Waals surface area (Å²) in [6.45, 7) is 6.40. The zero-order chi connectivity index (χ0) is 13.4. The highest BCUT2D eigenvalue weighted by molar-refractivity contribution is 5.28. The van der Waals surface area contributed by atoms with Gasteiger partial charge in [-0.1, -0.05) is 26.0 Å². The number of nitrogens with zero attached hydrogens (tertiary/aromatic N) is 1. The van der Waals surface area contributed by atoms with Gasteiger partial charge < -0.3 is 9.64 Å². The molecule has 0 saturated heterocycles. The minimum absolute atomic E-state index is 0.702. The van der Waals surface area contributed by atoms with Crippen molar-refractivity contribution in [3.8, 4) is 5.75 Å². The summed E-state index contributed by atoms with van der Waals surface area (Å²) in [6, 6.07) is 8.51. The highest BCUT2D eigenvalue weighted by Gasteiger charge is 1.99. The van der Waals surface area contributed by atoms with Crippen LogP contribution in [0.3, 0.4) is 0 Å². The molecule has 0 heterocycles. The van der Waals surface area contributed by atoms with Crippen molar-refractivity contribution in [3.63, 3.8) is 0 Å². The fourth-order valence-electron chi connectivity index (χ4n) is 1.80. The summed E-state index contributed by atoms with van der Waals surface area (Å²) in [6.07, 6.45) is 3.44. The molecule has 2 nitrogen and oxygen atoms in total. The first-order valence-corrected chi connectivity index (χ1v) is 6.94. The molecule has 1 rings (SSSR count). The third-order valence-electron chi connectivity index (χ3n) is 2.93. The lowest BCUT2D eigenvalue weighted by Gasteiger charge is -2.11. The van der Waals surface area contributed by atoms with Crippen molar-refractivity contribution >= 4 is 0 Å². The van der Waals surface area contributed by atoms with Crippen LogP contribution in [0.2, 0.25) is 0 Å². The Morgan fingerprint density at radius 1 is 1.22 bits per heavy atom. The van der Waals surface area contributed by atoms with Gasteiger partial charge in [-0.15, -0.1) is 0 Å². The first kappa shape index (κ1) is 15.0. The number of rotatable bonds is 8. The van der Waals surface area contributed by atoms with Gasteiger partial charge in [-0.05, 0) is 63.5 Å². The second-order valence-corrected chi connectivity index (χ2v) is 5.59. The van der Waals surface area contributed by atoms with E-state index in [1.807, 2.05) is 0 Å². The lowest BCUT2D eigenvalue weighted by molar-refractivity contribution is 0.289. The van der Waals surface area contributed by atoms with Gasteiger partial charge >= 0.3 is 0 Å². The molecule has 1 aromatic carbocycles. The second kappa shape index (κ2) is 8.15. The Bertz CT molecular complexity index is 304. The van der Waals surface area contributed by atoms with Crippen molar-refractivity contribution in [2.45, 2.75) is 33.1 Å². The Morgan fingerprint density at radius 3 is 2.67 bits per heavy atom. The Morgan fingerprint density at radius 2 is 2.00 bits per heavy atom. The average molecular weight is 249 g/mol. The third kappa shape index (κ3) is 6.65. The molecule has 0 aliphatic heterocycles. The van der Waals surface area contributed by atoms with Crippen molar-refractivity contribution in [2.24, 2.45) is 5.92 Å². The number of hydrogen-bond donors (Lipinski definition) is 0. The maximum Gasteiger partial charge on any atom is 0.119 e. The van der Waals surface area contributed by atoms with Crippen LogP contribution in [0.4, 0.5) is 0 Å². The summed E-state index contributed by atoms with van der Waals surface area (Å²) in [5.74, 6) is 1.71. The van der Waals surface area contributed by atoms with Gasteiger partial charge in [-0.2, -0.15) is 0 Å². The zero-order valence-electron chi connectivity index (χ0n) is 12.3. The minimum atomic E-state index is 0.702. The molecule has 0 aromatic heterocycles. The van der Waals surface area contributed by atoms with E-state index in [9.17, 15) is 0 Å². The zero-order valence-corrected chi connectivity index (χ0v) is 12.3. The van der Waals surface area contributed by atoms with Gasteiger partial charge in [0.15, 0.2) is 0 Å². The van der Waals surface area contributed by atoms with Crippen molar-refractivity contribution in [3.05, 3.63) is 29.8 Å². The molecule has 0 atom stereocenters. The van der Waals surface area contributed by atoms with E-state index in [1.54, 1.807) is 0 Å². The Balaban J connectivity index is 2.36. The molecule has 0 aliphatic carbocycles. The van der Waals surface area contributed by atoms with Gasteiger partial charge in [0.2, 0.25) is 0 Å². The van der Waals surface area contributed by atoms with Crippen LogP contribution in [0.5, 0.6) is 5.75 Å². The van der Waals surface area contributed by atoms with Gasteiger partial charge in [-0.3, -0.25) is 0 Å². The smallest absolute Gasteiger partial charge is 0.119 e. The lowest BCUT2D eigenvalue weighted by atomic mass is 10.1. The van der Waals surface area contributed by atoms with Gasteiger partial charge in [0.25, 0.3) is 0 Å². The van der Waals surface area contributed by atoms with Crippen LogP contribution < -0.4 is 4.74 Å². The van der Waals surface area contributed by atoms with E-state index in [0.29, 0.717) is 5.92 Å². The summed E-state index contributed by atoms with van der Waals surface area (Å²) in [5.41, 5.74) is 1.37. The first-order valence-electron chi connectivity index (χ1n) is 6.94. The van der Waals surface area contributed by atoms with Crippen molar-refractivity contribution < 1.29 is 4.74 Å². The number of benzene rings is 1. The quantitative estimate of drug-likeness (QED) is 0.698. The van der Waals surface area contributed by atoms with Gasteiger partial charge in [0.05, 0.1) is 6.61 Å². The molecule has 18 heavy (non-hydrogen) atoms. The van der Waals surface area contributed by atoms with E-state index in [0.717, 1.165) is 31.7 Å². The number of ether oxygens (including phenoxy) is 1. The normalized spacial score (nSPS) is 11.2. The van der Waals surface area contributed by atoms with Crippen molar-refractivity contribution in [1.29, 1.82) is 0 Å². The van der Waals surface area contributed by atoms with Gasteiger partial charge in [0, 0.05) is 0 Å². The summed E-state index contributed by atoms with van der Waals surface area (Å²) in [4.78, 5) is 2.23. The third-order valence-corrected chi connectivity index (χ3v) is 2.93. The molecule has 0 saturated carbocycles. The van der Waals surface area contributed by atoms with E-state index in [4.69, 9.17) is 4.74 Å². The predicted octanol–water partition coefficient (Wildman–Crippen LogP) is 3.61. The molecule has 0 unspecified atom stereocenters. The minimum Gasteiger partial charge on any atom is -0.494 e. The molecule has 0 bridgehead atoms. The Kier molecular flexibility index (Phi) is 6.81. The van der Waals surface area contributed by atoms with Crippen LogP contribution in [0.1, 0.15) is 32.3 Å². The monoisotopic (exact) mass is 249 g/mol. The average Bonchev–Trinajstić information content (AvgIpc) is 2.28. The van der Waals surface area contributed by atoms with E-state index in [2.05, 4.69) is 57.1 Å². The fourth-order valence-corrected chi connectivity index (χ4v) is 1.80. The number of aryl methyl sites for hydroxylation is 1. The molecule has 0 radical (unpaired) electrons. The molecular weight excluding hydrogens is 222 g/mol. The Hall–Kier alpha value is -1.02. The molecule has 1 aromatic rings. The topological polar surface area (TPSA) is 12.5 Å². The van der Waals surface area contributed by atoms with Crippen LogP contribution in [0.15, 0.2) is 24.3 Å². The van der Waals surface area contributed by atoms with Crippen LogP contribution in [-0.4, -0.2) is 32.1 Å². The van der Waals surface area contributed by atoms with E-state index >= 15 is 0 Å². The molecule has 0 N–H and O–H groups in total. The van der Waals surface area contributed by atoms with Gasteiger partial charge in [-0.25, -0.2) is 0 Å². The summed E-state index contributed by atoms with van der Waals surface area (Å²) >= 11 is 0. The highest BCUT2D eigenvalue weighted by atomic mass is 16.5. The molecule has 102 valence electrons. The number of hydrogen-bond acceptors (Lipinski definition) is 2. The molecule has 0 fully saturated rings. The largest absolute Gasteiger partial charge is 0.494 e. The van der Waals surface area contributed by atoms with Crippen LogP contribution >= 0.6 is 0 Å². The van der Waals surface area contributed by atoms with Crippen LogP contribution in [0, 0.1) is 5.92 Å². The van der Waals surface area contributed by atoms with E-state index in [1.165, 1.54) is 12.0 Å². The van der Waals surface area contributed by atoms with E-state index in [-0.39, 0.29) is 0 Å².